The number of likely N-dealkylation sites (tertiary alicyclic amines) is 1. The van der Waals surface area contributed by atoms with Crippen molar-refractivity contribution in [2.75, 3.05) is 19.3 Å². The van der Waals surface area contributed by atoms with Gasteiger partial charge in [-0.3, -0.25) is 14.7 Å². The Balaban J connectivity index is 1.38. The number of benzene rings is 1. The zero-order valence-electron chi connectivity index (χ0n) is 16.7. The van der Waals surface area contributed by atoms with Gasteiger partial charge in [-0.1, -0.05) is 0 Å². The number of ether oxygens (including phenoxy) is 1. The van der Waals surface area contributed by atoms with Crippen molar-refractivity contribution in [2.45, 2.75) is 43.3 Å². The average molecular weight is 418 g/mol. The van der Waals surface area contributed by atoms with Crippen LogP contribution in [0.2, 0.25) is 0 Å². The van der Waals surface area contributed by atoms with Crippen LogP contribution in [0, 0.1) is 18.8 Å². The van der Waals surface area contributed by atoms with Crippen LogP contribution in [0.1, 0.15) is 24.1 Å². The van der Waals surface area contributed by atoms with Crippen LogP contribution < -0.4 is 10.3 Å². The van der Waals surface area contributed by atoms with Gasteiger partial charge in [0.1, 0.15) is 11.9 Å². The maximum atomic E-state index is 12.7. The molecule has 1 saturated carbocycles. The number of aryl methyl sites for hydroxylation is 1. The number of fused-ring (bicyclic) bond motifs is 1. The van der Waals surface area contributed by atoms with Crippen LogP contribution in [0.15, 0.2) is 34.0 Å². The molecule has 1 aromatic heterocycles. The van der Waals surface area contributed by atoms with E-state index in [1.807, 2.05) is 35.4 Å². The molecule has 156 valence electrons. The first kappa shape index (κ1) is 20.1. The molecule has 4 rings (SSSR count). The highest BCUT2D eigenvalue weighted by Crippen LogP contribution is 2.38. The fourth-order valence-corrected chi connectivity index (χ4v) is 4.91. The van der Waals surface area contributed by atoms with Crippen molar-refractivity contribution in [3.63, 3.8) is 0 Å². The normalized spacial score (nSPS) is 26.4. The first-order chi connectivity index (χ1) is 13.9. The number of hydrogen-bond donors (Lipinski definition) is 3. The lowest BCUT2D eigenvalue weighted by molar-refractivity contribution is -0.129. The van der Waals surface area contributed by atoms with Crippen LogP contribution in [0.25, 0.3) is 0 Å². The van der Waals surface area contributed by atoms with Crippen LogP contribution in [-0.4, -0.2) is 57.7 Å². The molecule has 2 aromatic rings. The van der Waals surface area contributed by atoms with Crippen LogP contribution in [0.4, 0.5) is 0 Å². The summed E-state index contributed by atoms with van der Waals surface area (Å²) in [5, 5.41) is 15.9. The number of hydrogen-bond acceptors (Lipinski definition) is 5. The van der Waals surface area contributed by atoms with E-state index >= 15 is 0 Å². The lowest BCUT2D eigenvalue weighted by Crippen LogP contribution is -2.42. The molecule has 2 fully saturated rings. The van der Waals surface area contributed by atoms with Gasteiger partial charge in [-0.25, -0.2) is 0 Å². The van der Waals surface area contributed by atoms with Crippen LogP contribution in [0.5, 0.6) is 5.75 Å². The van der Waals surface area contributed by atoms with Crippen LogP contribution >= 0.6 is 11.8 Å². The Morgan fingerprint density at radius 2 is 1.90 bits per heavy atom. The summed E-state index contributed by atoms with van der Waals surface area (Å²) < 4.78 is 6.08. The predicted molar refractivity (Wildman–Crippen MR) is 111 cm³/mol. The van der Waals surface area contributed by atoms with Crippen LogP contribution in [0.3, 0.4) is 0 Å². The molecule has 7 nitrogen and oxygen atoms in total. The Kier molecular flexibility index (Phi) is 5.74. The lowest BCUT2D eigenvalue weighted by atomic mass is 9.78. The maximum absolute atomic E-state index is 12.7. The molecule has 0 radical (unpaired) electrons. The molecule has 0 spiro atoms. The second kappa shape index (κ2) is 8.28. The Labute approximate surface area is 173 Å². The van der Waals surface area contributed by atoms with Gasteiger partial charge in [0, 0.05) is 29.2 Å². The zero-order chi connectivity index (χ0) is 20.5. The second-order valence-corrected chi connectivity index (χ2v) is 8.93. The molecule has 2 aliphatic rings. The molecule has 2 heterocycles. The number of nitrogens with one attached hydrogen (secondary N) is 2. The molecule has 1 amide bonds. The summed E-state index contributed by atoms with van der Waals surface area (Å²) >= 11 is 1.68. The number of amides is 1. The van der Waals surface area contributed by atoms with Gasteiger partial charge >= 0.3 is 0 Å². The van der Waals surface area contributed by atoms with Crippen molar-refractivity contribution in [3.05, 3.63) is 45.9 Å². The van der Waals surface area contributed by atoms with Gasteiger partial charge in [0.15, 0.2) is 0 Å². The van der Waals surface area contributed by atoms with Crippen molar-refractivity contribution in [3.8, 4) is 5.75 Å². The Morgan fingerprint density at radius 3 is 2.52 bits per heavy atom. The first-order valence-corrected chi connectivity index (χ1v) is 11.2. The molecule has 1 aliphatic carbocycles. The molecule has 1 aliphatic heterocycles. The minimum absolute atomic E-state index is 0.0350. The van der Waals surface area contributed by atoms with E-state index in [-0.39, 0.29) is 29.9 Å². The number of aliphatic hydroxyl groups is 1. The summed E-state index contributed by atoms with van der Waals surface area (Å²) in [4.78, 5) is 27.6. The van der Waals surface area contributed by atoms with E-state index in [0.29, 0.717) is 36.7 Å². The van der Waals surface area contributed by atoms with E-state index < -0.39 is 6.10 Å². The Morgan fingerprint density at radius 1 is 1.21 bits per heavy atom. The number of H-pyrrole nitrogens is 2. The molecular weight excluding hydrogens is 390 g/mol. The molecule has 29 heavy (non-hydrogen) atoms. The number of aliphatic hydroxyl groups excluding tert-OH is 1. The number of thioether (sulfide) groups is 1. The molecule has 1 aromatic carbocycles. The van der Waals surface area contributed by atoms with Gasteiger partial charge in [-0.05, 0) is 62.1 Å². The molecule has 1 saturated heterocycles. The molecular formula is C21H27N3O4S. The summed E-state index contributed by atoms with van der Waals surface area (Å²) in [7, 11) is 0. The third-order valence-corrected chi connectivity index (χ3v) is 6.95. The standard InChI is InChI=1S/C21H27N3O4S/c1-12-17(21(27)23-22-12)9-20(26)24-10-13-7-18(25)19(8-14(13)11-24)28-15-3-5-16(29-2)6-4-15/h3-6,13-14,18-19,25H,7-11H2,1-2H3,(H2,22,23,27)/t13-,14+,18+,19+/m0/s1. The number of rotatable bonds is 5. The number of carbonyl (C=O) groups excluding carboxylic acids is 1. The zero-order valence-corrected chi connectivity index (χ0v) is 17.5. The highest BCUT2D eigenvalue weighted by Gasteiger charge is 2.43. The SMILES string of the molecule is CSc1ccc(O[C@@H]2C[C@@H]3CN(C(=O)Cc4c(C)[nH][nH]c4=O)C[C@@H]3C[C@H]2O)cc1. The summed E-state index contributed by atoms with van der Waals surface area (Å²) in [6.45, 7) is 3.08. The second-order valence-electron chi connectivity index (χ2n) is 8.05. The number of nitrogens with zero attached hydrogens (tertiary/aromatic N) is 1. The van der Waals surface area contributed by atoms with Crippen LogP contribution in [-0.2, 0) is 11.2 Å². The minimum Gasteiger partial charge on any atom is -0.488 e. The smallest absolute Gasteiger partial charge is 0.267 e. The van der Waals surface area contributed by atoms with Crippen molar-refractivity contribution < 1.29 is 14.6 Å². The highest BCUT2D eigenvalue weighted by molar-refractivity contribution is 7.98. The van der Waals surface area contributed by atoms with Gasteiger partial charge in [0.25, 0.3) is 5.56 Å². The number of aromatic nitrogens is 2. The van der Waals surface area contributed by atoms with E-state index in [1.54, 1.807) is 18.7 Å². The fraction of sp³-hybridized carbons (Fsp3) is 0.524. The van der Waals surface area contributed by atoms with E-state index in [2.05, 4.69) is 10.2 Å². The van der Waals surface area contributed by atoms with Gasteiger partial charge < -0.3 is 19.8 Å². The first-order valence-electron chi connectivity index (χ1n) is 9.97. The van der Waals surface area contributed by atoms with Crippen molar-refractivity contribution in [1.82, 2.24) is 15.1 Å². The Hall–Kier alpha value is -2.19. The van der Waals surface area contributed by atoms with Crippen molar-refractivity contribution in [1.29, 1.82) is 0 Å². The van der Waals surface area contributed by atoms with Gasteiger partial charge in [0.2, 0.25) is 5.91 Å². The number of carbonyl (C=O) groups is 1. The molecule has 0 unspecified atom stereocenters. The van der Waals surface area contributed by atoms with Crippen molar-refractivity contribution >= 4 is 17.7 Å². The highest BCUT2D eigenvalue weighted by atomic mass is 32.2. The summed E-state index contributed by atoms with van der Waals surface area (Å²) in [5.41, 5.74) is 0.972. The quantitative estimate of drug-likeness (QED) is 0.646. The summed E-state index contributed by atoms with van der Waals surface area (Å²) in [5.74, 6) is 1.31. The topological polar surface area (TPSA) is 98.4 Å². The third kappa shape index (κ3) is 4.23. The van der Waals surface area contributed by atoms with E-state index in [1.165, 1.54) is 4.90 Å². The molecule has 8 heteroatoms. The summed E-state index contributed by atoms with van der Waals surface area (Å²) in [6, 6.07) is 7.90. The fourth-order valence-electron chi connectivity index (χ4n) is 4.50. The third-order valence-electron chi connectivity index (χ3n) is 6.20. The molecule has 0 bridgehead atoms. The van der Waals surface area contributed by atoms with Crippen molar-refractivity contribution in [2.24, 2.45) is 11.8 Å². The van der Waals surface area contributed by atoms with Gasteiger partial charge in [0.05, 0.1) is 12.5 Å². The maximum Gasteiger partial charge on any atom is 0.267 e. The van der Waals surface area contributed by atoms with E-state index in [4.69, 9.17) is 4.74 Å². The molecule has 4 atom stereocenters. The van der Waals surface area contributed by atoms with E-state index in [0.717, 1.165) is 12.2 Å². The monoisotopic (exact) mass is 417 g/mol. The van der Waals surface area contributed by atoms with E-state index in [9.17, 15) is 14.7 Å². The summed E-state index contributed by atoms with van der Waals surface area (Å²) in [6.07, 6.45) is 2.69. The molecule has 3 N–H and O–H groups in total. The number of aromatic amines is 2. The largest absolute Gasteiger partial charge is 0.488 e. The minimum atomic E-state index is -0.540. The Bertz CT molecular complexity index is 923. The lowest BCUT2D eigenvalue weighted by Gasteiger charge is -2.35. The average Bonchev–Trinajstić information content (AvgIpc) is 3.26. The predicted octanol–water partition coefficient (Wildman–Crippen LogP) is 1.95. The van der Waals surface area contributed by atoms with Gasteiger partial charge in [-0.15, -0.1) is 11.8 Å². The van der Waals surface area contributed by atoms with Gasteiger partial charge in [-0.2, -0.15) is 0 Å².